The van der Waals surface area contributed by atoms with E-state index in [9.17, 15) is 14.7 Å². The Balaban J connectivity index is 1.35. The molecule has 0 saturated carbocycles. The Labute approximate surface area is 159 Å². The predicted molar refractivity (Wildman–Crippen MR) is 98.9 cm³/mol. The summed E-state index contributed by atoms with van der Waals surface area (Å²) < 4.78 is 1.76. The molecule has 8 nitrogen and oxygen atoms in total. The van der Waals surface area contributed by atoms with Crippen LogP contribution in [0, 0.1) is 5.92 Å². The quantitative estimate of drug-likeness (QED) is 0.846. The number of aromatic nitrogens is 2. The lowest BCUT2D eigenvalue weighted by Gasteiger charge is -2.50. The molecule has 3 amide bonds. The van der Waals surface area contributed by atoms with Gasteiger partial charge >= 0.3 is 6.03 Å². The minimum Gasteiger partial charge on any atom is -0.389 e. The number of piperidine rings is 2. The number of nitrogens with zero attached hydrogens (tertiary/aromatic N) is 5. The molecule has 8 heteroatoms. The normalized spacial score (nSPS) is 28.3. The zero-order valence-corrected chi connectivity index (χ0v) is 15.8. The summed E-state index contributed by atoms with van der Waals surface area (Å²) in [7, 11) is 0. The Kier molecular flexibility index (Phi) is 5.08. The van der Waals surface area contributed by atoms with Gasteiger partial charge in [0.05, 0.1) is 5.60 Å². The Morgan fingerprint density at radius 2 is 1.74 bits per heavy atom. The van der Waals surface area contributed by atoms with Crippen LogP contribution in [-0.2, 0) is 11.3 Å². The van der Waals surface area contributed by atoms with Crippen LogP contribution in [0.15, 0.2) is 18.5 Å². The SMILES string of the molecule is O=C(CCn1cccn1)N1CC[C@@]2(O)CCN(C(=O)N3CCCC3)C[C@H]2C1. The van der Waals surface area contributed by atoms with E-state index in [1.54, 1.807) is 10.9 Å². The number of likely N-dealkylation sites (tertiary alicyclic amines) is 3. The number of hydrogen-bond acceptors (Lipinski definition) is 4. The molecule has 3 aliphatic heterocycles. The third kappa shape index (κ3) is 3.81. The molecule has 1 aromatic heterocycles. The molecule has 3 fully saturated rings. The predicted octanol–water partition coefficient (Wildman–Crippen LogP) is 0.774. The maximum Gasteiger partial charge on any atom is 0.320 e. The van der Waals surface area contributed by atoms with Crippen molar-refractivity contribution < 1.29 is 14.7 Å². The van der Waals surface area contributed by atoms with Crippen molar-refractivity contribution in [3.05, 3.63) is 18.5 Å². The number of rotatable bonds is 3. The molecular formula is C19H29N5O3. The minimum absolute atomic E-state index is 0.0693. The van der Waals surface area contributed by atoms with Gasteiger partial charge < -0.3 is 19.8 Å². The molecule has 0 aromatic carbocycles. The van der Waals surface area contributed by atoms with Crippen LogP contribution in [0.1, 0.15) is 32.1 Å². The summed E-state index contributed by atoms with van der Waals surface area (Å²) >= 11 is 0. The number of carbonyl (C=O) groups excluding carboxylic acids is 2. The highest BCUT2D eigenvalue weighted by Gasteiger charge is 2.47. The van der Waals surface area contributed by atoms with E-state index < -0.39 is 5.60 Å². The smallest absolute Gasteiger partial charge is 0.320 e. The van der Waals surface area contributed by atoms with Crippen LogP contribution in [0.5, 0.6) is 0 Å². The highest BCUT2D eigenvalue weighted by Crippen LogP contribution is 2.36. The summed E-state index contributed by atoms with van der Waals surface area (Å²) in [6.07, 6.45) is 7.31. The number of aryl methyl sites for hydroxylation is 1. The molecule has 2 atom stereocenters. The van der Waals surface area contributed by atoms with Gasteiger partial charge in [-0.05, 0) is 31.7 Å². The zero-order chi connectivity index (χ0) is 18.9. The molecule has 0 radical (unpaired) electrons. The Morgan fingerprint density at radius 1 is 1.04 bits per heavy atom. The van der Waals surface area contributed by atoms with Crippen LogP contribution in [0.3, 0.4) is 0 Å². The van der Waals surface area contributed by atoms with Crippen LogP contribution in [-0.4, -0.2) is 86.4 Å². The molecule has 0 aliphatic carbocycles. The van der Waals surface area contributed by atoms with E-state index >= 15 is 0 Å². The summed E-state index contributed by atoms with van der Waals surface area (Å²) in [4.78, 5) is 31.0. The maximum absolute atomic E-state index is 12.7. The van der Waals surface area contributed by atoms with Crippen molar-refractivity contribution in [3.8, 4) is 0 Å². The molecule has 3 aliphatic rings. The second-order valence-corrected chi connectivity index (χ2v) is 8.08. The van der Waals surface area contributed by atoms with Gasteiger partial charge in [0.25, 0.3) is 0 Å². The lowest BCUT2D eigenvalue weighted by atomic mass is 9.75. The second-order valence-electron chi connectivity index (χ2n) is 8.08. The first kappa shape index (κ1) is 18.3. The molecule has 4 rings (SSSR count). The first-order chi connectivity index (χ1) is 13.0. The van der Waals surface area contributed by atoms with Gasteiger partial charge in [-0.2, -0.15) is 5.10 Å². The monoisotopic (exact) mass is 375 g/mol. The van der Waals surface area contributed by atoms with Crippen LogP contribution in [0.4, 0.5) is 4.79 Å². The lowest BCUT2D eigenvalue weighted by molar-refractivity contribution is -0.145. The summed E-state index contributed by atoms with van der Waals surface area (Å²) in [6, 6.07) is 1.94. The zero-order valence-electron chi connectivity index (χ0n) is 15.8. The number of urea groups is 1. The molecule has 0 bridgehead atoms. The highest BCUT2D eigenvalue weighted by atomic mass is 16.3. The van der Waals surface area contributed by atoms with Crippen molar-refractivity contribution in [1.82, 2.24) is 24.5 Å². The van der Waals surface area contributed by atoms with Gasteiger partial charge in [-0.15, -0.1) is 0 Å². The molecule has 148 valence electrons. The van der Waals surface area contributed by atoms with Gasteiger partial charge in [-0.25, -0.2) is 4.79 Å². The topological polar surface area (TPSA) is 81.9 Å². The largest absolute Gasteiger partial charge is 0.389 e. The molecule has 0 spiro atoms. The molecular weight excluding hydrogens is 346 g/mol. The van der Waals surface area contributed by atoms with Crippen LogP contribution < -0.4 is 0 Å². The molecule has 27 heavy (non-hydrogen) atoms. The fourth-order valence-electron chi connectivity index (χ4n) is 4.61. The molecule has 3 saturated heterocycles. The van der Waals surface area contributed by atoms with Gasteiger partial charge in [0.1, 0.15) is 0 Å². The number of amides is 3. The maximum atomic E-state index is 12.7. The first-order valence-corrected chi connectivity index (χ1v) is 10.1. The Morgan fingerprint density at radius 3 is 2.44 bits per heavy atom. The third-order valence-corrected chi connectivity index (χ3v) is 6.38. The fraction of sp³-hybridized carbons (Fsp3) is 0.737. The van der Waals surface area contributed by atoms with E-state index in [2.05, 4.69) is 5.10 Å². The van der Waals surface area contributed by atoms with Crippen molar-refractivity contribution in [2.45, 2.75) is 44.2 Å². The molecule has 4 heterocycles. The number of fused-ring (bicyclic) bond motifs is 1. The van der Waals surface area contributed by atoms with Crippen LogP contribution in [0.25, 0.3) is 0 Å². The van der Waals surface area contributed by atoms with Crippen molar-refractivity contribution in [2.75, 3.05) is 39.3 Å². The highest BCUT2D eigenvalue weighted by molar-refractivity contribution is 5.76. The van der Waals surface area contributed by atoms with E-state index in [0.717, 1.165) is 25.9 Å². The van der Waals surface area contributed by atoms with Gasteiger partial charge in [0.15, 0.2) is 0 Å². The first-order valence-electron chi connectivity index (χ1n) is 10.1. The van der Waals surface area contributed by atoms with E-state index in [1.807, 2.05) is 27.0 Å². The third-order valence-electron chi connectivity index (χ3n) is 6.38. The van der Waals surface area contributed by atoms with E-state index in [4.69, 9.17) is 0 Å². The second kappa shape index (κ2) is 7.50. The number of hydrogen-bond donors (Lipinski definition) is 1. The van der Waals surface area contributed by atoms with Crippen molar-refractivity contribution in [2.24, 2.45) is 5.92 Å². The van der Waals surface area contributed by atoms with Crippen molar-refractivity contribution in [3.63, 3.8) is 0 Å². The molecule has 1 aromatic rings. The van der Waals surface area contributed by atoms with Gasteiger partial charge in [-0.1, -0.05) is 0 Å². The van der Waals surface area contributed by atoms with Crippen molar-refractivity contribution in [1.29, 1.82) is 0 Å². The van der Waals surface area contributed by atoms with Crippen LogP contribution in [0.2, 0.25) is 0 Å². The van der Waals surface area contributed by atoms with Crippen LogP contribution >= 0.6 is 0 Å². The van der Waals surface area contributed by atoms with Gasteiger partial charge in [0, 0.05) is 70.5 Å². The number of carbonyl (C=O) groups is 2. The fourth-order valence-corrected chi connectivity index (χ4v) is 4.61. The van der Waals surface area contributed by atoms with Crippen molar-refractivity contribution >= 4 is 11.9 Å². The summed E-state index contributed by atoms with van der Waals surface area (Å²) in [5.41, 5.74) is -0.749. The van der Waals surface area contributed by atoms with E-state index in [0.29, 0.717) is 52.0 Å². The average molecular weight is 375 g/mol. The summed E-state index contributed by atoms with van der Waals surface area (Å²) in [5.74, 6) is 0.0238. The van der Waals surface area contributed by atoms with E-state index in [1.165, 1.54) is 0 Å². The average Bonchev–Trinajstić information content (AvgIpc) is 3.38. The summed E-state index contributed by atoms with van der Waals surface area (Å²) in [5, 5.41) is 15.2. The number of aliphatic hydroxyl groups is 1. The van der Waals surface area contributed by atoms with Gasteiger partial charge in [-0.3, -0.25) is 9.48 Å². The molecule has 1 N–H and O–H groups in total. The van der Waals surface area contributed by atoms with Gasteiger partial charge in [0.2, 0.25) is 5.91 Å². The van der Waals surface area contributed by atoms with E-state index in [-0.39, 0.29) is 17.9 Å². The Bertz CT molecular complexity index is 673. The molecule has 0 unspecified atom stereocenters. The summed E-state index contributed by atoms with van der Waals surface area (Å²) in [6.45, 7) is 4.50. The minimum atomic E-state index is -0.749. The Hall–Kier alpha value is -2.09. The lowest BCUT2D eigenvalue weighted by Crippen LogP contribution is -2.62. The standard InChI is InChI=1S/C19H29N5O3/c25-17(4-11-24-10-3-7-20-24)22-12-5-19(27)6-13-23(15-16(19)14-22)18(26)21-8-1-2-9-21/h3,7,10,16,27H,1-2,4-6,8-9,11-15H2/t16-,19-/m1/s1.